The Hall–Kier alpha value is -0.960. The molecular formula is C12H15FN2. The first kappa shape index (κ1) is 9.28. The van der Waals surface area contributed by atoms with Gasteiger partial charge in [-0.05, 0) is 30.9 Å². The van der Waals surface area contributed by atoms with E-state index in [1.807, 2.05) is 6.07 Å². The van der Waals surface area contributed by atoms with Gasteiger partial charge in [0.25, 0.3) is 0 Å². The summed E-state index contributed by atoms with van der Waals surface area (Å²) in [4.78, 5) is 4.38. The van der Waals surface area contributed by atoms with Gasteiger partial charge in [0.1, 0.15) is 5.67 Å². The predicted octanol–water partition coefficient (Wildman–Crippen LogP) is 1.81. The topological polar surface area (TPSA) is 24.9 Å². The highest BCUT2D eigenvalue weighted by Crippen LogP contribution is 2.41. The summed E-state index contributed by atoms with van der Waals surface area (Å²) in [6.45, 7) is 0.987. The number of pyridine rings is 1. The number of hydrogen-bond donors (Lipinski definition) is 1. The number of nitrogens with zero attached hydrogens (tertiary/aromatic N) is 1. The lowest BCUT2D eigenvalue weighted by Crippen LogP contribution is -2.60. The van der Waals surface area contributed by atoms with E-state index in [-0.39, 0.29) is 5.92 Å². The highest BCUT2D eigenvalue weighted by molar-refractivity contribution is 5.30. The summed E-state index contributed by atoms with van der Waals surface area (Å²) in [6, 6.07) is 4.04. The predicted molar refractivity (Wildman–Crippen MR) is 56.6 cm³/mol. The van der Waals surface area contributed by atoms with E-state index in [0.717, 1.165) is 25.0 Å². The number of aromatic nitrogens is 1. The molecule has 1 fully saturated rings. The van der Waals surface area contributed by atoms with Crippen LogP contribution < -0.4 is 5.32 Å². The number of rotatable bonds is 1. The zero-order chi connectivity index (χ0) is 10.3. The van der Waals surface area contributed by atoms with Gasteiger partial charge in [0.2, 0.25) is 0 Å². The van der Waals surface area contributed by atoms with Crippen LogP contribution in [0.15, 0.2) is 18.3 Å². The normalized spacial score (nSPS) is 27.9. The molecule has 2 heterocycles. The second kappa shape index (κ2) is 3.27. The molecule has 80 valence electrons. The van der Waals surface area contributed by atoms with E-state index in [1.54, 1.807) is 6.20 Å². The van der Waals surface area contributed by atoms with Gasteiger partial charge in [-0.15, -0.1) is 0 Å². The van der Waals surface area contributed by atoms with Gasteiger partial charge in [-0.2, -0.15) is 0 Å². The molecule has 2 nitrogen and oxygen atoms in total. The number of hydrogen-bond acceptors (Lipinski definition) is 2. The average Bonchev–Trinajstić information content (AvgIpc) is 2.25. The van der Waals surface area contributed by atoms with Crippen LogP contribution in [-0.2, 0) is 6.42 Å². The van der Waals surface area contributed by atoms with Crippen LogP contribution in [0.25, 0.3) is 0 Å². The van der Waals surface area contributed by atoms with E-state index in [1.165, 1.54) is 5.56 Å². The van der Waals surface area contributed by atoms with E-state index in [4.69, 9.17) is 0 Å². The van der Waals surface area contributed by atoms with Crippen LogP contribution in [0, 0.1) is 0 Å². The van der Waals surface area contributed by atoms with Gasteiger partial charge in [0.05, 0.1) is 0 Å². The maximum atomic E-state index is 14.4. The van der Waals surface area contributed by atoms with Gasteiger partial charge in [-0.1, -0.05) is 6.07 Å². The third-order valence-electron chi connectivity index (χ3n) is 3.66. The van der Waals surface area contributed by atoms with Gasteiger partial charge in [0.15, 0.2) is 0 Å². The maximum Gasteiger partial charge on any atom is 0.144 e. The zero-order valence-electron chi connectivity index (χ0n) is 8.67. The SMILES string of the molecule is FC1(C2CCCc3cccnc32)CNC1. The van der Waals surface area contributed by atoms with Crippen molar-refractivity contribution in [1.82, 2.24) is 10.3 Å². The highest BCUT2D eigenvalue weighted by Gasteiger charge is 2.47. The molecular weight excluding hydrogens is 191 g/mol. The number of fused-ring (bicyclic) bond motifs is 1. The largest absolute Gasteiger partial charge is 0.310 e. The first-order valence-corrected chi connectivity index (χ1v) is 5.63. The Morgan fingerprint density at radius 3 is 3.07 bits per heavy atom. The lowest BCUT2D eigenvalue weighted by atomic mass is 9.74. The molecule has 1 atom stereocenters. The minimum Gasteiger partial charge on any atom is -0.310 e. The van der Waals surface area contributed by atoms with Crippen molar-refractivity contribution in [3.63, 3.8) is 0 Å². The fourth-order valence-corrected chi connectivity index (χ4v) is 2.72. The molecule has 1 aliphatic carbocycles. The highest BCUT2D eigenvalue weighted by atomic mass is 19.1. The van der Waals surface area contributed by atoms with Gasteiger partial charge >= 0.3 is 0 Å². The van der Waals surface area contributed by atoms with E-state index in [9.17, 15) is 4.39 Å². The molecule has 1 unspecified atom stereocenters. The summed E-state index contributed by atoms with van der Waals surface area (Å²) < 4.78 is 14.4. The maximum absolute atomic E-state index is 14.4. The Morgan fingerprint density at radius 2 is 2.33 bits per heavy atom. The van der Waals surface area contributed by atoms with Gasteiger partial charge in [-0.25, -0.2) is 4.39 Å². The van der Waals surface area contributed by atoms with Crippen molar-refractivity contribution in [2.75, 3.05) is 13.1 Å². The fraction of sp³-hybridized carbons (Fsp3) is 0.583. The van der Waals surface area contributed by atoms with Crippen LogP contribution >= 0.6 is 0 Å². The standard InChI is InChI=1S/C12H15FN2/c13-12(7-14-8-12)10-5-1-3-9-4-2-6-15-11(9)10/h2,4,6,10,14H,1,3,5,7-8H2. The molecule has 0 bridgehead atoms. The molecule has 1 aromatic heterocycles. The number of nitrogens with one attached hydrogen (secondary N) is 1. The van der Waals surface area contributed by atoms with Crippen molar-refractivity contribution in [2.45, 2.75) is 30.8 Å². The lowest BCUT2D eigenvalue weighted by Gasteiger charge is -2.43. The van der Waals surface area contributed by atoms with Crippen molar-refractivity contribution in [3.05, 3.63) is 29.6 Å². The summed E-state index contributed by atoms with van der Waals surface area (Å²) in [5.74, 6) is 0.0173. The quantitative estimate of drug-likeness (QED) is 0.758. The summed E-state index contributed by atoms with van der Waals surface area (Å²) in [6.07, 6.45) is 4.88. The van der Waals surface area contributed by atoms with Crippen molar-refractivity contribution in [2.24, 2.45) is 0 Å². The molecule has 0 saturated carbocycles. The lowest BCUT2D eigenvalue weighted by molar-refractivity contribution is 0.0494. The van der Waals surface area contributed by atoms with Crippen LogP contribution in [-0.4, -0.2) is 23.7 Å². The van der Waals surface area contributed by atoms with Crippen molar-refractivity contribution < 1.29 is 4.39 Å². The third-order valence-corrected chi connectivity index (χ3v) is 3.66. The minimum absolute atomic E-state index is 0.0173. The van der Waals surface area contributed by atoms with E-state index in [2.05, 4.69) is 16.4 Å². The molecule has 3 rings (SSSR count). The Labute approximate surface area is 88.9 Å². The Kier molecular flexibility index (Phi) is 2.02. The molecule has 1 aliphatic heterocycles. The summed E-state index contributed by atoms with van der Waals surface area (Å²) >= 11 is 0. The Bertz CT molecular complexity index is 374. The van der Waals surface area contributed by atoms with Crippen LogP contribution in [0.1, 0.15) is 30.0 Å². The van der Waals surface area contributed by atoms with Crippen molar-refractivity contribution >= 4 is 0 Å². The summed E-state index contributed by atoms with van der Waals surface area (Å²) in [7, 11) is 0. The first-order chi connectivity index (χ1) is 7.30. The molecule has 0 amide bonds. The molecule has 1 saturated heterocycles. The average molecular weight is 206 g/mol. The van der Waals surface area contributed by atoms with Crippen LogP contribution in [0.2, 0.25) is 0 Å². The number of halogens is 1. The molecule has 0 spiro atoms. The van der Waals surface area contributed by atoms with Crippen molar-refractivity contribution in [3.8, 4) is 0 Å². The van der Waals surface area contributed by atoms with Crippen LogP contribution in [0.5, 0.6) is 0 Å². The Morgan fingerprint density at radius 1 is 1.47 bits per heavy atom. The fourth-order valence-electron chi connectivity index (χ4n) is 2.72. The van der Waals surface area contributed by atoms with E-state index < -0.39 is 5.67 Å². The molecule has 0 radical (unpaired) electrons. The Balaban J connectivity index is 1.98. The number of aryl methyl sites for hydroxylation is 1. The molecule has 1 N–H and O–H groups in total. The smallest absolute Gasteiger partial charge is 0.144 e. The summed E-state index contributed by atoms with van der Waals surface area (Å²) in [5, 5.41) is 3.03. The molecule has 1 aromatic rings. The summed E-state index contributed by atoms with van der Waals surface area (Å²) in [5.41, 5.74) is 1.22. The van der Waals surface area contributed by atoms with Gasteiger partial charge in [0, 0.05) is 30.9 Å². The van der Waals surface area contributed by atoms with Gasteiger partial charge < -0.3 is 5.32 Å². The third kappa shape index (κ3) is 1.37. The molecule has 3 heteroatoms. The van der Waals surface area contributed by atoms with E-state index >= 15 is 0 Å². The van der Waals surface area contributed by atoms with E-state index in [0.29, 0.717) is 13.1 Å². The number of alkyl halides is 1. The second-order valence-electron chi connectivity index (χ2n) is 4.63. The minimum atomic E-state index is -1.04. The molecule has 2 aliphatic rings. The first-order valence-electron chi connectivity index (χ1n) is 5.63. The molecule has 0 aromatic carbocycles. The monoisotopic (exact) mass is 206 g/mol. The van der Waals surface area contributed by atoms with Crippen molar-refractivity contribution in [1.29, 1.82) is 0 Å². The second-order valence-corrected chi connectivity index (χ2v) is 4.63. The zero-order valence-corrected chi connectivity index (χ0v) is 8.67. The molecule has 15 heavy (non-hydrogen) atoms. The van der Waals surface area contributed by atoms with Crippen LogP contribution in [0.3, 0.4) is 0 Å². The van der Waals surface area contributed by atoms with Gasteiger partial charge in [-0.3, -0.25) is 4.98 Å². The van der Waals surface area contributed by atoms with Crippen LogP contribution in [0.4, 0.5) is 4.39 Å².